The summed E-state index contributed by atoms with van der Waals surface area (Å²) in [5.41, 5.74) is 4.83. The summed E-state index contributed by atoms with van der Waals surface area (Å²) in [6, 6.07) is 13.4. The number of carbonyl (C=O) groups excluding carboxylic acids is 3. The average Bonchev–Trinajstić information content (AvgIpc) is 3.70. The molecule has 20 heteroatoms. The monoisotopic (exact) mass is 967 g/mol. The molecule has 0 aliphatic carbocycles. The summed E-state index contributed by atoms with van der Waals surface area (Å²) in [4.78, 5) is 50.7. The van der Waals surface area contributed by atoms with Crippen LogP contribution in [0.2, 0.25) is 5.02 Å². The number of benzene rings is 2. The zero-order chi connectivity index (χ0) is 40.2. The number of aromatic nitrogens is 6. The van der Waals surface area contributed by atoms with Crippen LogP contribution in [0.4, 0.5) is 23.7 Å². The molecule has 6 rings (SSSR count). The number of amides is 3. The van der Waals surface area contributed by atoms with Gasteiger partial charge in [-0.1, -0.05) is 27.5 Å². The largest absolute Gasteiger partial charge is 0.452 e. The first kappa shape index (κ1) is 41.3. The van der Waals surface area contributed by atoms with E-state index in [9.17, 15) is 27.6 Å². The minimum absolute atomic E-state index is 0.105. The number of methoxy groups -OCH3 is 1. The zero-order valence-electron chi connectivity index (χ0n) is 29.0. The van der Waals surface area contributed by atoms with E-state index in [0.717, 1.165) is 28.3 Å². The van der Waals surface area contributed by atoms with Crippen LogP contribution in [-0.4, -0.2) is 65.9 Å². The Kier molecular flexibility index (Phi) is 13.0. The van der Waals surface area contributed by atoms with E-state index >= 15 is 0 Å². The highest BCUT2D eigenvalue weighted by molar-refractivity contribution is 9.11. The maximum absolute atomic E-state index is 13.3. The van der Waals surface area contributed by atoms with Crippen molar-refractivity contribution in [3.8, 4) is 17.2 Å². The number of pyridine rings is 2. The molecule has 0 spiro atoms. The number of alkyl halides is 3. The number of nitrogens with zero attached hydrogens (tertiary/aromatic N) is 7. The number of carbonyl (C=O) groups is 3. The predicted molar refractivity (Wildman–Crippen MR) is 210 cm³/mol. The third kappa shape index (κ3) is 9.34. The molecule has 0 aliphatic rings. The Morgan fingerprint density at radius 2 is 1.78 bits per heavy atom. The van der Waals surface area contributed by atoms with E-state index in [1.54, 1.807) is 55.2 Å². The van der Waals surface area contributed by atoms with Crippen molar-refractivity contribution in [2.24, 2.45) is 7.05 Å². The van der Waals surface area contributed by atoms with Crippen LogP contribution in [0.15, 0.2) is 86.7 Å². The van der Waals surface area contributed by atoms with Gasteiger partial charge in [0.15, 0.2) is 5.82 Å². The van der Waals surface area contributed by atoms with Crippen LogP contribution in [0.3, 0.4) is 0 Å². The molecule has 0 saturated heterocycles. The van der Waals surface area contributed by atoms with Crippen LogP contribution in [0.1, 0.15) is 38.9 Å². The van der Waals surface area contributed by atoms with Gasteiger partial charge in [0, 0.05) is 52.8 Å². The van der Waals surface area contributed by atoms with Gasteiger partial charge in [-0.05, 0) is 99.8 Å². The first-order valence-electron chi connectivity index (χ1n) is 15.8. The number of rotatable bonds is 6. The predicted octanol–water partition coefficient (Wildman–Crippen LogP) is 9.16. The molecular weight excluding hydrogens is 943 g/mol. The number of anilines is 1. The molecule has 0 radical (unpaired) electrons. The number of fused-ring (bicyclic) bond motifs is 1. The number of imidazole rings is 1. The summed E-state index contributed by atoms with van der Waals surface area (Å²) in [6.45, 7) is 3.71. The van der Waals surface area contributed by atoms with Crippen LogP contribution >= 0.6 is 59.4 Å². The second-order valence-corrected chi connectivity index (χ2v) is 14.4. The second-order valence-electron chi connectivity index (χ2n) is 11.4. The summed E-state index contributed by atoms with van der Waals surface area (Å²) in [5.74, 6) is -0.275. The van der Waals surface area contributed by atoms with E-state index in [1.807, 2.05) is 6.92 Å². The van der Waals surface area contributed by atoms with Crippen molar-refractivity contribution in [3.05, 3.63) is 114 Å². The molecule has 0 fully saturated rings. The van der Waals surface area contributed by atoms with Gasteiger partial charge in [-0.2, -0.15) is 18.3 Å². The van der Waals surface area contributed by atoms with E-state index in [4.69, 9.17) is 11.6 Å². The quantitative estimate of drug-likeness (QED) is 0.157. The Balaban J connectivity index is 0.000000235. The third-order valence-electron chi connectivity index (χ3n) is 7.82. The van der Waals surface area contributed by atoms with Gasteiger partial charge in [-0.25, -0.2) is 29.9 Å². The van der Waals surface area contributed by atoms with Gasteiger partial charge in [-0.15, -0.1) is 0 Å². The van der Waals surface area contributed by atoms with Crippen LogP contribution in [0, 0.1) is 6.92 Å². The lowest BCUT2D eigenvalue weighted by molar-refractivity contribution is -0.137. The second kappa shape index (κ2) is 17.3. The number of ether oxygens (including phenoxy) is 1. The molecular formula is C35H28Br3ClF3N9O4. The molecule has 4 aromatic heterocycles. The maximum atomic E-state index is 13.3. The Hall–Kier alpha value is -4.85. The summed E-state index contributed by atoms with van der Waals surface area (Å²) >= 11 is 16.2. The maximum Gasteiger partial charge on any atom is 0.425 e. The minimum Gasteiger partial charge on any atom is -0.452 e. The summed E-state index contributed by atoms with van der Waals surface area (Å²) in [5, 5.41) is 8.35. The lowest BCUT2D eigenvalue weighted by atomic mass is 10.1. The SMILES string of the molecule is CCN(NC(=O)OC)C(=O)c1cc(Br)cc(Br)c1NC(=O)c1cc(Br)nn1-c1ncccc1Cl.Cc1cnccc1-c1nc2cc(C(F)(F)F)ccc2n1C. The smallest absolute Gasteiger partial charge is 0.425 e. The van der Waals surface area contributed by atoms with Crippen LogP contribution < -0.4 is 10.7 Å². The number of nitrogens with one attached hydrogen (secondary N) is 2. The Bertz CT molecular complexity index is 2420. The molecule has 13 nitrogen and oxygen atoms in total. The van der Waals surface area contributed by atoms with Gasteiger partial charge in [-0.3, -0.25) is 14.6 Å². The van der Waals surface area contributed by atoms with E-state index in [-0.39, 0.29) is 29.3 Å². The van der Waals surface area contributed by atoms with E-state index in [2.05, 4.69) is 83.3 Å². The Morgan fingerprint density at radius 1 is 1.04 bits per heavy atom. The molecule has 2 N–H and O–H groups in total. The summed E-state index contributed by atoms with van der Waals surface area (Å²) < 4.78 is 47.3. The van der Waals surface area contributed by atoms with E-state index in [1.165, 1.54) is 36.2 Å². The van der Waals surface area contributed by atoms with Gasteiger partial charge in [0.1, 0.15) is 16.1 Å². The molecule has 286 valence electrons. The number of hydrogen-bond donors (Lipinski definition) is 2. The lowest BCUT2D eigenvalue weighted by Crippen LogP contribution is -2.46. The number of hydrazine groups is 1. The highest BCUT2D eigenvalue weighted by Crippen LogP contribution is 2.34. The molecule has 0 saturated carbocycles. The average molecular weight is 971 g/mol. The topological polar surface area (TPSA) is 149 Å². The molecule has 4 heterocycles. The van der Waals surface area contributed by atoms with Crippen molar-refractivity contribution >= 4 is 94.0 Å². The van der Waals surface area contributed by atoms with Gasteiger partial charge >= 0.3 is 12.3 Å². The van der Waals surface area contributed by atoms with Crippen LogP contribution in [0.25, 0.3) is 28.2 Å². The van der Waals surface area contributed by atoms with E-state index < -0.39 is 29.6 Å². The summed E-state index contributed by atoms with van der Waals surface area (Å²) in [7, 11) is 2.97. The van der Waals surface area contributed by atoms with E-state index in [0.29, 0.717) is 35.4 Å². The number of halogens is 7. The van der Waals surface area contributed by atoms with Crippen LogP contribution in [0.5, 0.6) is 0 Å². The van der Waals surface area contributed by atoms with Crippen molar-refractivity contribution in [2.45, 2.75) is 20.0 Å². The first-order chi connectivity index (χ1) is 26.0. The minimum atomic E-state index is -4.36. The molecule has 3 amide bonds. The third-order valence-corrected chi connectivity index (χ3v) is 9.58. The molecule has 0 aliphatic heterocycles. The van der Waals surface area contributed by atoms with Gasteiger partial charge < -0.3 is 14.6 Å². The Morgan fingerprint density at radius 3 is 2.44 bits per heavy atom. The molecule has 2 aromatic carbocycles. The normalized spacial score (nSPS) is 11.1. The van der Waals surface area contributed by atoms with Crippen LogP contribution in [-0.2, 0) is 18.0 Å². The fourth-order valence-corrected chi connectivity index (χ4v) is 7.07. The number of aryl methyl sites for hydroxylation is 2. The fourth-order valence-electron chi connectivity index (χ4n) is 5.17. The molecule has 0 atom stereocenters. The van der Waals surface area contributed by atoms with Crippen molar-refractivity contribution in [1.29, 1.82) is 0 Å². The van der Waals surface area contributed by atoms with Crippen molar-refractivity contribution in [1.82, 2.24) is 39.7 Å². The number of hydrogen-bond acceptors (Lipinski definition) is 8. The van der Waals surface area contributed by atoms with Crippen molar-refractivity contribution in [3.63, 3.8) is 0 Å². The first-order valence-corrected chi connectivity index (χ1v) is 18.6. The molecule has 0 bridgehead atoms. The standard InChI is InChI=1S/C20H16Br3ClN6O4.C15H12F3N3/c1-3-29(28-20(33)34-2)19(32)11-7-10(21)8-12(22)16(11)26-18(31)14-9-15(23)27-30(14)17-13(24)5-4-6-25-17;1-9-8-19-6-5-11(9)14-20-12-7-10(15(16,17)18)3-4-13(12)21(14)2/h4-9H,3H2,1-2H3,(H,26,31)(H,28,33);3-8H,1-2H3. The highest BCUT2D eigenvalue weighted by atomic mass is 79.9. The van der Waals surface area contributed by atoms with Gasteiger partial charge in [0.25, 0.3) is 11.8 Å². The highest BCUT2D eigenvalue weighted by Gasteiger charge is 2.31. The van der Waals surface area contributed by atoms with Crippen molar-refractivity contribution in [2.75, 3.05) is 19.0 Å². The molecule has 0 unspecified atom stereocenters. The van der Waals surface area contributed by atoms with Gasteiger partial charge in [0.05, 0.1) is 40.0 Å². The molecule has 55 heavy (non-hydrogen) atoms. The Labute approximate surface area is 341 Å². The summed E-state index contributed by atoms with van der Waals surface area (Å²) in [6.07, 6.45) is -0.304. The van der Waals surface area contributed by atoms with Gasteiger partial charge in [0.2, 0.25) is 0 Å². The fraction of sp³-hybridized carbons (Fsp3) is 0.171. The lowest BCUT2D eigenvalue weighted by Gasteiger charge is -2.23. The van der Waals surface area contributed by atoms with Crippen molar-refractivity contribution < 1.29 is 32.3 Å². The zero-order valence-corrected chi connectivity index (χ0v) is 34.6. The molecule has 6 aromatic rings.